The number of carbonyl (C=O) groups is 1. The summed E-state index contributed by atoms with van der Waals surface area (Å²) in [7, 11) is 0. The molecule has 1 aromatic rings. The van der Waals surface area contributed by atoms with E-state index < -0.39 is 0 Å². The van der Waals surface area contributed by atoms with Crippen LogP contribution in [0, 0.1) is 0 Å². The predicted molar refractivity (Wildman–Crippen MR) is 56.8 cm³/mol. The van der Waals surface area contributed by atoms with Crippen LogP contribution in [0.1, 0.15) is 11.6 Å². The van der Waals surface area contributed by atoms with Gasteiger partial charge in [-0.05, 0) is 11.8 Å². The van der Waals surface area contributed by atoms with Gasteiger partial charge >= 0.3 is 0 Å². The molecule has 1 unspecified atom stereocenters. The first-order valence-electron chi connectivity index (χ1n) is 4.12. The van der Waals surface area contributed by atoms with E-state index in [0.29, 0.717) is 0 Å². The van der Waals surface area contributed by atoms with E-state index in [1.54, 1.807) is 11.8 Å². The van der Waals surface area contributed by atoms with Gasteiger partial charge in [0, 0.05) is 5.75 Å². The lowest BCUT2D eigenvalue weighted by atomic mass is 10.1. The zero-order valence-corrected chi connectivity index (χ0v) is 8.38. The highest BCUT2D eigenvalue weighted by Crippen LogP contribution is 2.15. The van der Waals surface area contributed by atoms with Crippen LogP contribution in [-0.2, 0) is 4.79 Å². The number of benzene rings is 1. The van der Waals surface area contributed by atoms with Crippen LogP contribution in [0.3, 0.4) is 0 Å². The maximum Gasteiger partial charge on any atom is 0.207 e. The molecule has 0 aliphatic rings. The minimum Gasteiger partial charge on any atom is -0.351 e. The van der Waals surface area contributed by atoms with Crippen LogP contribution in [0.4, 0.5) is 0 Å². The van der Waals surface area contributed by atoms with Crippen molar-refractivity contribution in [2.75, 3.05) is 12.0 Å². The largest absolute Gasteiger partial charge is 0.351 e. The van der Waals surface area contributed by atoms with E-state index in [4.69, 9.17) is 0 Å². The summed E-state index contributed by atoms with van der Waals surface area (Å²) >= 11 is 1.72. The molecule has 0 heterocycles. The van der Waals surface area contributed by atoms with Crippen molar-refractivity contribution in [3.05, 3.63) is 35.9 Å². The Balaban J connectivity index is 2.69. The molecule has 0 bridgehead atoms. The number of hydrogen-bond donors (Lipinski definition) is 1. The Hall–Kier alpha value is -0.960. The summed E-state index contributed by atoms with van der Waals surface area (Å²) in [5.74, 6) is 0.906. The molecule has 0 radical (unpaired) electrons. The number of thioether (sulfide) groups is 1. The monoisotopic (exact) mass is 195 g/mol. The highest BCUT2D eigenvalue weighted by Gasteiger charge is 2.07. The Morgan fingerprint density at radius 2 is 2.15 bits per heavy atom. The first-order valence-corrected chi connectivity index (χ1v) is 5.51. The number of carbonyl (C=O) groups excluding carboxylic acids is 1. The van der Waals surface area contributed by atoms with Crippen molar-refractivity contribution in [3.63, 3.8) is 0 Å². The minimum absolute atomic E-state index is 0.133. The van der Waals surface area contributed by atoms with Gasteiger partial charge in [-0.3, -0.25) is 4.79 Å². The smallest absolute Gasteiger partial charge is 0.207 e. The number of hydrogen-bond acceptors (Lipinski definition) is 2. The molecule has 0 saturated heterocycles. The summed E-state index contributed by atoms with van der Waals surface area (Å²) in [6.45, 7) is 0. The van der Waals surface area contributed by atoms with Crippen molar-refractivity contribution < 1.29 is 4.79 Å². The van der Waals surface area contributed by atoms with Crippen LogP contribution in [0.25, 0.3) is 0 Å². The van der Waals surface area contributed by atoms with Gasteiger partial charge < -0.3 is 5.32 Å². The lowest BCUT2D eigenvalue weighted by Gasteiger charge is -2.14. The van der Waals surface area contributed by atoms with Gasteiger partial charge in [-0.2, -0.15) is 11.8 Å². The Morgan fingerprint density at radius 3 is 2.69 bits per heavy atom. The van der Waals surface area contributed by atoms with Crippen molar-refractivity contribution in [2.24, 2.45) is 0 Å². The maximum absolute atomic E-state index is 10.3. The number of rotatable bonds is 5. The molecule has 0 fully saturated rings. The fourth-order valence-electron chi connectivity index (χ4n) is 1.17. The average Bonchev–Trinajstić information content (AvgIpc) is 2.19. The van der Waals surface area contributed by atoms with Gasteiger partial charge in [-0.1, -0.05) is 30.3 Å². The molecule has 13 heavy (non-hydrogen) atoms. The zero-order chi connectivity index (χ0) is 9.52. The molecule has 3 heteroatoms. The summed E-state index contributed by atoms with van der Waals surface area (Å²) < 4.78 is 0. The van der Waals surface area contributed by atoms with Crippen molar-refractivity contribution in [2.45, 2.75) is 6.04 Å². The Morgan fingerprint density at radius 1 is 1.46 bits per heavy atom. The molecule has 0 aliphatic heterocycles. The van der Waals surface area contributed by atoms with E-state index in [-0.39, 0.29) is 6.04 Å². The van der Waals surface area contributed by atoms with Gasteiger partial charge in [-0.15, -0.1) is 0 Å². The van der Waals surface area contributed by atoms with Crippen molar-refractivity contribution in [3.8, 4) is 0 Å². The lowest BCUT2D eigenvalue weighted by Crippen LogP contribution is -2.21. The molecule has 1 aromatic carbocycles. The molecule has 0 aliphatic carbocycles. The molecule has 0 saturated carbocycles. The molecule has 70 valence electrons. The summed E-state index contributed by atoms with van der Waals surface area (Å²) in [4.78, 5) is 10.3. The van der Waals surface area contributed by atoms with Crippen LogP contribution in [0.15, 0.2) is 30.3 Å². The quantitative estimate of drug-likeness (QED) is 0.726. The Bertz CT molecular complexity index is 250. The highest BCUT2D eigenvalue weighted by molar-refractivity contribution is 7.98. The summed E-state index contributed by atoms with van der Waals surface area (Å²) in [5, 5.41) is 2.80. The lowest BCUT2D eigenvalue weighted by molar-refractivity contribution is -0.110. The molecule has 1 rings (SSSR count). The molecular formula is C10H13NOS. The third-order valence-corrected chi connectivity index (χ3v) is 2.47. The van der Waals surface area contributed by atoms with Gasteiger partial charge in [-0.25, -0.2) is 0 Å². The van der Waals surface area contributed by atoms with E-state index in [1.807, 2.05) is 36.6 Å². The van der Waals surface area contributed by atoms with Gasteiger partial charge in [0.2, 0.25) is 6.41 Å². The SMILES string of the molecule is CSCC(NC=O)c1ccccc1. The zero-order valence-electron chi connectivity index (χ0n) is 7.57. The normalized spacial score (nSPS) is 12.1. The summed E-state index contributed by atoms with van der Waals surface area (Å²) in [6.07, 6.45) is 2.79. The van der Waals surface area contributed by atoms with Crippen LogP contribution >= 0.6 is 11.8 Å². The molecule has 0 spiro atoms. The first kappa shape index (κ1) is 10.1. The van der Waals surface area contributed by atoms with E-state index in [0.717, 1.165) is 17.7 Å². The standard InChI is InChI=1S/C10H13NOS/c1-13-7-10(11-8-12)9-5-3-2-4-6-9/h2-6,8,10H,7H2,1H3,(H,11,12). The Kier molecular flexibility index (Phi) is 4.40. The summed E-state index contributed by atoms with van der Waals surface area (Å²) in [5.41, 5.74) is 1.16. The minimum atomic E-state index is 0.133. The van der Waals surface area contributed by atoms with Gasteiger partial charge in [0.15, 0.2) is 0 Å². The van der Waals surface area contributed by atoms with Gasteiger partial charge in [0.25, 0.3) is 0 Å². The second-order valence-electron chi connectivity index (χ2n) is 2.70. The Labute approximate surface area is 82.7 Å². The van der Waals surface area contributed by atoms with Gasteiger partial charge in [0.1, 0.15) is 0 Å². The van der Waals surface area contributed by atoms with Gasteiger partial charge in [0.05, 0.1) is 6.04 Å². The number of amides is 1. The molecule has 1 N–H and O–H groups in total. The molecular weight excluding hydrogens is 182 g/mol. The van der Waals surface area contributed by atoms with E-state index in [1.165, 1.54) is 0 Å². The van der Waals surface area contributed by atoms with E-state index in [2.05, 4.69) is 5.32 Å². The topological polar surface area (TPSA) is 29.1 Å². The number of nitrogens with one attached hydrogen (secondary N) is 1. The molecule has 0 aromatic heterocycles. The third-order valence-electron chi connectivity index (χ3n) is 1.80. The molecule has 1 amide bonds. The van der Waals surface area contributed by atoms with Crippen molar-refractivity contribution in [1.29, 1.82) is 0 Å². The van der Waals surface area contributed by atoms with E-state index >= 15 is 0 Å². The fourth-order valence-corrected chi connectivity index (χ4v) is 1.80. The second kappa shape index (κ2) is 5.65. The van der Waals surface area contributed by atoms with Crippen molar-refractivity contribution >= 4 is 18.2 Å². The third kappa shape index (κ3) is 3.11. The van der Waals surface area contributed by atoms with Crippen molar-refractivity contribution in [1.82, 2.24) is 5.32 Å². The average molecular weight is 195 g/mol. The van der Waals surface area contributed by atoms with Crippen LogP contribution in [0.5, 0.6) is 0 Å². The van der Waals surface area contributed by atoms with Crippen LogP contribution in [-0.4, -0.2) is 18.4 Å². The molecule has 1 atom stereocenters. The first-order chi connectivity index (χ1) is 6.38. The van der Waals surface area contributed by atoms with E-state index in [9.17, 15) is 4.79 Å². The van der Waals surface area contributed by atoms with Crippen LogP contribution in [0.2, 0.25) is 0 Å². The van der Waals surface area contributed by atoms with Crippen LogP contribution < -0.4 is 5.32 Å². The fraction of sp³-hybridized carbons (Fsp3) is 0.300. The maximum atomic E-state index is 10.3. The summed E-state index contributed by atoms with van der Waals surface area (Å²) in [6, 6.07) is 10.1. The highest BCUT2D eigenvalue weighted by atomic mass is 32.2. The molecule has 2 nitrogen and oxygen atoms in total. The predicted octanol–water partition coefficient (Wildman–Crippen LogP) is 1.84. The second-order valence-corrected chi connectivity index (χ2v) is 3.61.